The van der Waals surface area contributed by atoms with E-state index in [-0.39, 0.29) is 5.69 Å². The van der Waals surface area contributed by atoms with Crippen LogP contribution in [0.3, 0.4) is 0 Å². The number of hydrogen-bond donors (Lipinski definition) is 0. The van der Waals surface area contributed by atoms with E-state index in [2.05, 4.69) is 5.10 Å². The first kappa shape index (κ1) is 16.0. The van der Waals surface area contributed by atoms with Crippen molar-refractivity contribution in [2.75, 3.05) is 6.61 Å². The molecule has 0 amide bonds. The van der Waals surface area contributed by atoms with E-state index in [9.17, 15) is 4.79 Å². The number of rotatable bonds is 3. The lowest BCUT2D eigenvalue weighted by molar-refractivity contribution is 0.00578. The molecule has 0 bridgehead atoms. The molecular weight excluding hydrogens is 271 g/mol. The van der Waals surface area contributed by atoms with Crippen molar-refractivity contribution >= 4 is 18.6 Å². The van der Waals surface area contributed by atoms with Gasteiger partial charge >= 0.3 is 13.1 Å². The minimum absolute atomic E-state index is 0.260. The van der Waals surface area contributed by atoms with Crippen LogP contribution in [0.5, 0.6) is 0 Å². The average molecular weight is 294 g/mol. The average Bonchev–Trinajstić information content (AvgIpc) is 2.75. The van der Waals surface area contributed by atoms with E-state index >= 15 is 0 Å². The molecule has 2 heterocycles. The normalized spacial score (nSPS) is 19.9. The Labute approximate surface area is 125 Å². The monoisotopic (exact) mass is 294 g/mol. The van der Waals surface area contributed by atoms with Crippen molar-refractivity contribution in [2.45, 2.75) is 52.7 Å². The molecule has 0 saturated carbocycles. The van der Waals surface area contributed by atoms with Gasteiger partial charge in [-0.3, -0.25) is 4.68 Å². The third-order valence-corrected chi connectivity index (χ3v) is 4.34. The Balaban J connectivity index is 2.43. The number of carbonyl (C=O) groups is 1. The molecule has 1 saturated heterocycles. The molecule has 1 fully saturated rings. The van der Waals surface area contributed by atoms with E-state index in [1.807, 2.05) is 34.6 Å². The Morgan fingerprint density at radius 3 is 2.29 bits per heavy atom. The van der Waals surface area contributed by atoms with Crippen LogP contribution in [-0.2, 0) is 21.1 Å². The quantitative estimate of drug-likeness (QED) is 0.619. The zero-order chi connectivity index (χ0) is 16.0. The number of aromatic nitrogens is 2. The number of carbonyl (C=O) groups excluding carboxylic acids is 1. The predicted molar refractivity (Wildman–Crippen MR) is 79.6 cm³/mol. The molecule has 0 N–H and O–H groups in total. The van der Waals surface area contributed by atoms with Crippen molar-refractivity contribution < 1.29 is 18.8 Å². The zero-order valence-corrected chi connectivity index (χ0v) is 13.8. The maximum absolute atomic E-state index is 12.1. The molecule has 0 aromatic carbocycles. The minimum Gasteiger partial charge on any atom is -0.461 e. The maximum Gasteiger partial charge on any atom is 0.499 e. The van der Waals surface area contributed by atoms with Crippen LogP contribution in [0, 0.1) is 6.92 Å². The fourth-order valence-electron chi connectivity index (χ4n) is 2.22. The first-order chi connectivity index (χ1) is 9.60. The molecule has 0 unspecified atom stereocenters. The van der Waals surface area contributed by atoms with Gasteiger partial charge in [0.25, 0.3) is 0 Å². The minimum atomic E-state index is -0.622. The molecule has 1 aromatic heterocycles. The third-order valence-electron chi connectivity index (χ3n) is 4.34. The molecule has 0 radical (unpaired) electrons. The summed E-state index contributed by atoms with van der Waals surface area (Å²) in [4.78, 5) is 12.1. The Bertz CT molecular complexity index is 550. The second kappa shape index (κ2) is 5.14. The zero-order valence-electron chi connectivity index (χ0n) is 13.8. The lowest BCUT2D eigenvalue weighted by Gasteiger charge is -2.32. The molecule has 1 aliphatic rings. The first-order valence-corrected chi connectivity index (χ1v) is 7.17. The number of aryl methyl sites for hydroxylation is 1. The van der Waals surface area contributed by atoms with Gasteiger partial charge in [-0.05, 0) is 41.5 Å². The van der Waals surface area contributed by atoms with Crippen molar-refractivity contribution in [3.8, 4) is 0 Å². The first-order valence-electron chi connectivity index (χ1n) is 7.17. The van der Waals surface area contributed by atoms with Crippen LogP contribution in [-0.4, -0.2) is 40.7 Å². The van der Waals surface area contributed by atoms with Crippen molar-refractivity contribution in [3.63, 3.8) is 0 Å². The Morgan fingerprint density at radius 1 is 1.29 bits per heavy atom. The van der Waals surface area contributed by atoms with E-state index in [1.54, 1.807) is 18.7 Å². The van der Waals surface area contributed by atoms with Gasteiger partial charge < -0.3 is 14.0 Å². The standard InChI is InChI=1S/C14H23BN2O4/c1-8-19-12(18)11-10(9(2)17(7)16-11)15-20-13(3,4)14(5,6)21-15/h8H2,1-7H3. The summed E-state index contributed by atoms with van der Waals surface area (Å²) >= 11 is 0. The summed E-state index contributed by atoms with van der Waals surface area (Å²) in [7, 11) is 1.16. The fraction of sp³-hybridized carbons (Fsp3) is 0.714. The van der Waals surface area contributed by atoms with Gasteiger partial charge in [0.05, 0.1) is 17.8 Å². The number of esters is 1. The Hall–Kier alpha value is -1.34. The van der Waals surface area contributed by atoms with Crippen LogP contribution >= 0.6 is 0 Å². The fourth-order valence-corrected chi connectivity index (χ4v) is 2.22. The molecule has 6 nitrogen and oxygen atoms in total. The van der Waals surface area contributed by atoms with Gasteiger partial charge in [-0.1, -0.05) is 0 Å². The van der Waals surface area contributed by atoms with E-state index in [0.29, 0.717) is 12.1 Å². The summed E-state index contributed by atoms with van der Waals surface area (Å²) in [5.74, 6) is -0.453. The van der Waals surface area contributed by atoms with Gasteiger partial charge in [0.2, 0.25) is 0 Å². The van der Waals surface area contributed by atoms with Gasteiger partial charge in [-0.15, -0.1) is 0 Å². The largest absolute Gasteiger partial charge is 0.499 e. The summed E-state index contributed by atoms with van der Waals surface area (Å²) in [6, 6.07) is 0. The van der Waals surface area contributed by atoms with Gasteiger partial charge in [0.15, 0.2) is 5.69 Å². The molecule has 21 heavy (non-hydrogen) atoms. The number of nitrogens with zero attached hydrogens (tertiary/aromatic N) is 2. The third kappa shape index (κ3) is 2.60. The van der Waals surface area contributed by atoms with Crippen molar-refractivity contribution in [1.82, 2.24) is 9.78 Å². The summed E-state index contributed by atoms with van der Waals surface area (Å²) in [5, 5.41) is 4.25. The highest BCUT2D eigenvalue weighted by Gasteiger charge is 2.53. The molecule has 0 spiro atoms. The molecule has 0 atom stereocenters. The second-order valence-electron chi connectivity index (χ2n) is 6.28. The Kier molecular flexibility index (Phi) is 3.93. The van der Waals surface area contributed by atoms with Gasteiger partial charge in [-0.25, -0.2) is 4.79 Å². The van der Waals surface area contributed by atoms with Crippen molar-refractivity contribution in [3.05, 3.63) is 11.4 Å². The summed E-state index contributed by atoms with van der Waals surface area (Å²) in [6.45, 7) is 11.9. The van der Waals surface area contributed by atoms with Gasteiger partial charge in [0.1, 0.15) is 0 Å². The van der Waals surface area contributed by atoms with Crippen LogP contribution in [0.2, 0.25) is 0 Å². The highest BCUT2D eigenvalue weighted by atomic mass is 16.7. The molecule has 1 aliphatic heterocycles. The van der Waals surface area contributed by atoms with Crippen molar-refractivity contribution in [2.24, 2.45) is 7.05 Å². The van der Waals surface area contributed by atoms with E-state index in [1.165, 1.54) is 0 Å². The van der Waals surface area contributed by atoms with Crippen molar-refractivity contribution in [1.29, 1.82) is 0 Å². The second-order valence-corrected chi connectivity index (χ2v) is 6.28. The Morgan fingerprint density at radius 2 is 1.81 bits per heavy atom. The lowest BCUT2D eigenvalue weighted by atomic mass is 9.77. The summed E-state index contributed by atoms with van der Waals surface area (Å²) < 4.78 is 18.8. The molecule has 1 aromatic rings. The van der Waals surface area contributed by atoms with Crippen LogP contribution < -0.4 is 5.46 Å². The topological polar surface area (TPSA) is 62.6 Å². The predicted octanol–water partition coefficient (Wildman–Crippen LogP) is 1.20. The smallest absolute Gasteiger partial charge is 0.461 e. The summed E-state index contributed by atoms with van der Waals surface area (Å²) in [5.41, 5.74) is 0.805. The lowest BCUT2D eigenvalue weighted by Crippen LogP contribution is -2.41. The van der Waals surface area contributed by atoms with Gasteiger partial charge in [0, 0.05) is 18.2 Å². The SMILES string of the molecule is CCOC(=O)c1nn(C)c(C)c1B1OC(C)(C)C(C)(C)O1. The highest BCUT2D eigenvalue weighted by molar-refractivity contribution is 6.64. The highest BCUT2D eigenvalue weighted by Crippen LogP contribution is 2.36. The number of hydrogen-bond acceptors (Lipinski definition) is 5. The summed E-state index contributed by atoms with van der Waals surface area (Å²) in [6.07, 6.45) is 0. The number of ether oxygens (including phenoxy) is 1. The molecule has 116 valence electrons. The van der Waals surface area contributed by atoms with E-state index in [0.717, 1.165) is 5.69 Å². The van der Waals surface area contributed by atoms with E-state index < -0.39 is 24.3 Å². The maximum atomic E-state index is 12.1. The van der Waals surface area contributed by atoms with Crippen LogP contribution in [0.1, 0.15) is 50.8 Å². The van der Waals surface area contributed by atoms with E-state index in [4.69, 9.17) is 14.0 Å². The van der Waals surface area contributed by atoms with Crippen LogP contribution in [0.15, 0.2) is 0 Å². The molecule has 0 aliphatic carbocycles. The molecular formula is C14H23BN2O4. The van der Waals surface area contributed by atoms with Crippen LogP contribution in [0.4, 0.5) is 0 Å². The molecule has 7 heteroatoms. The van der Waals surface area contributed by atoms with Crippen LogP contribution in [0.25, 0.3) is 0 Å². The van der Waals surface area contributed by atoms with Gasteiger partial charge in [-0.2, -0.15) is 5.10 Å². The molecule has 2 rings (SSSR count).